The molecule has 17 nitrogen and oxygen atoms in total. The van der Waals surface area contributed by atoms with Crippen molar-refractivity contribution in [2.75, 3.05) is 13.2 Å². The highest BCUT2D eigenvalue weighted by atomic mass is 32.3. The summed E-state index contributed by atoms with van der Waals surface area (Å²) in [5, 5.41) is 64.4. The average Bonchev–Trinajstić information content (AvgIpc) is 1.29. The highest BCUT2D eigenvalue weighted by Gasteiger charge is 2.55. The average molecular weight is 1280 g/mol. The summed E-state index contributed by atoms with van der Waals surface area (Å²) in [5.41, 5.74) is 0. The van der Waals surface area contributed by atoms with Crippen LogP contribution in [0.5, 0.6) is 0 Å². The molecule has 522 valence electrons. The molecule has 2 aliphatic rings. The minimum absolute atomic E-state index is 0.0242. The van der Waals surface area contributed by atoms with Gasteiger partial charge in [0.25, 0.3) is 0 Å². The first-order valence-corrected chi connectivity index (χ1v) is 37.3. The highest BCUT2D eigenvalue weighted by molar-refractivity contribution is 7.80. The van der Waals surface area contributed by atoms with Crippen LogP contribution >= 0.6 is 0 Å². The summed E-state index contributed by atoms with van der Waals surface area (Å²) in [6.07, 6.45) is 23.6. The maximum Gasteiger partial charge on any atom is 0.397 e. The molecule has 0 saturated carbocycles. The van der Waals surface area contributed by atoms with Gasteiger partial charge in [-0.2, -0.15) is 8.42 Å². The number of carbonyl (C=O) groups excluding carboxylic acids is 2. The van der Waals surface area contributed by atoms with Crippen LogP contribution in [-0.2, 0) is 47.9 Å². The van der Waals surface area contributed by atoms with Gasteiger partial charge in [-0.1, -0.05) is 243 Å². The van der Waals surface area contributed by atoms with E-state index in [0.29, 0.717) is 48.3 Å². The Labute approximate surface area is 536 Å². The lowest BCUT2D eigenvalue weighted by Crippen LogP contribution is -2.65. The Hall–Kier alpha value is -1.55. The van der Waals surface area contributed by atoms with Gasteiger partial charge in [0.15, 0.2) is 24.6 Å². The number of aliphatic hydroxyl groups excluding tert-OH is 6. The molecule has 88 heavy (non-hydrogen) atoms. The number of hydrogen-bond donors (Lipinski definition) is 7. The number of rotatable bonds is 54. The van der Waals surface area contributed by atoms with Crippen LogP contribution in [-0.4, -0.2) is 136 Å². The number of ether oxygens (including phenoxy) is 5. The molecule has 2 fully saturated rings. The maximum absolute atomic E-state index is 14.2. The van der Waals surface area contributed by atoms with Crippen LogP contribution in [0.3, 0.4) is 0 Å². The molecule has 0 radical (unpaired) electrons. The number of aliphatic hydroxyl groups is 6. The summed E-state index contributed by atoms with van der Waals surface area (Å²) >= 11 is 0. The number of unbranched alkanes of at least 4 members (excludes halogenated alkanes) is 26. The Kier molecular flexibility index (Phi) is 45.2. The van der Waals surface area contributed by atoms with Gasteiger partial charge in [0, 0.05) is 6.42 Å². The zero-order valence-electron chi connectivity index (χ0n) is 57.2. The van der Waals surface area contributed by atoms with Crippen molar-refractivity contribution in [2.45, 2.75) is 374 Å². The quantitative estimate of drug-likeness (QED) is 0.0169. The standard InChI is InChI=1S/C70H134O17S/c1-11-13-15-17-19-21-23-25-26-28-29-31-33-35-37-39-58(73)56(9)46-54(7)44-52(5)42-50(3)41-51(4)43-53(6)45-55(8)47-57(10)68(78)85-67-65(84-61(74)40-38-36-34-32-30-27-24-22-20-18-16-14-12-2)63(76)60(49-72)83-70(67)86-69-66(87-88(79,80)81)64(77)62(75)59(48-71)82-69/h50-60,62-67,69-73,75-77H,11-49H2,1-10H3,(H,79,80,81). The molecular weight excluding hydrogens is 1140 g/mol. The lowest BCUT2D eigenvalue weighted by Gasteiger charge is -2.46. The van der Waals surface area contributed by atoms with Crippen molar-refractivity contribution in [3.8, 4) is 0 Å². The van der Waals surface area contributed by atoms with E-state index in [0.717, 1.165) is 77.0 Å². The van der Waals surface area contributed by atoms with Crippen LogP contribution < -0.4 is 0 Å². The fourth-order valence-corrected chi connectivity index (χ4v) is 14.7. The van der Waals surface area contributed by atoms with E-state index in [9.17, 15) is 53.2 Å². The first kappa shape index (κ1) is 82.5. The predicted octanol–water partition coefficient (Wildman–Crippen LogP) is 14.5. The van der Waals surface area contributed by atoms with E-state index < -0.39 is 103 Å². The second kappa shape index (κ2) is 48.2. The van der Waals surface area contributed by atoms with Crippen LogP contribution in [0.1, 0.15) is 307 Å². The topological polar surface area (TPSA) is 265 Å². The first-order chi connectivity index (χ1) is 41.9. The van der Waals surface area contributed by atoms with Gasteiger partial charge in [0.1, 0.15) is 30.5 Å². The summed E-state index contributed by atoms with van der Waals surface area (Å²) in [7, 11) is -5.33. The maximum atomic E-state index is 14.2. The molecule has 0 aromatic heterocycles. The first-order valence-electron chi connectivity index (χ1n) is 35.9. The van der Waals surface area contributed by atoms with E-state index in [4.69, 9.17) is 23.7 Å². The highest BCUT2D eigenvalue weighted by Crippen LogP contribution is 2.36. The second-order valence-corrected chi connectivity index (χ2v) is 29.4. The van der Waals surface area contributed by atoms with Crippen molar-refractivity contribution in [3.05, 3.63) is 0 Å². The molecule has 2 aliphatic heterocycles. The van der Waals surface area contributed by atoms with E-state index >= 15 is 0 Å². The molecule has 0 amide bonds. The Bertz CT molecular complexity index is 1840. The van der Waals surface area contributed by atoms with E-state index in [2.05, 4.69) is 66.5 Å². The minimum Gasteiger partial charge on any atom is -0.455 e. The third-order valence-corrected chi connectivity index (χ3v) is 19.3. The zero-order chi connectivity index (χ0) is 65.4. The van der Waals surface area contributed by atoms with Gasteiger partial charge in [0.05, 0.1) is 25.2 Å². The van der Waals surface area contributed by atoms with Gasteiger partial charge in [-0.05, 0) is 99.2 Å². The molecule has 0 bridgehead atoms. The summed E-state index contributed by atoms with van der Waals surface area (Å²) in [6, 6.07) is 0. The Balaban J connectivity index is 1.95. The Morgan fingerprint density at radius 3 is 1.19 bits per heavy atom. The van der Waals surface area contributed by atoms with Gasteiger partial charge in [-0.25, -0.2) is 4.18 Å². The summed E-state index contributed by atoms with van der Waals surface area (Å²) in [4.78, 5) is 27.7. The van der Waals surface area contributed by atoms with Crippen LogP contribution in [0.15, 0.2) is 0 Å². The van der Waals surface area contributed by atoms with Crippen LogP contribution in [0, 0.1) is 47.3 Å². The van der Waals surface area contributed by atoms with Crippen LogP contribution in [0.4, 0.5) is 0 Å². The molecule has 2 heterocycles. The minimum atomic E-state index is -5.33. The van der Waals surface area contributed by atoms with Crippen molar-refractivity contribution in [3.63, 3.8) is 0 Å². The largest absolute Gasteiger partial charge is 0.455 e. The van der Waals surface area contributed by atoms with Crippen LogP contribution in [0.25, 0.3) is 0 Å². The van der Waals surface area contributed by atoms with E-state index in [1.165, 1.54) is 141 Å². The van der Waals surface area contributed by atoms with E-state index in [1.54, 1.807) is 6.92 Å². The zero-order valence-corrected chi connectivity index (χ0v) is 58.0. The lowest BCUT2D eigenvalue weighted by molar-refractivity contribution is -0.374. The molecule has 19 atom stereocenters. The molecule has 0 spiro atoms. The van der Waals surface area contributed by atoms with Gasteiger partial charge < -0.3 is 54.3 Å². The summed E-state index contributed by atoms with van der Waals surface area (Å²) in [6.45, 7) is 20.4. The van der Waals surface area contributed by atoms with Crippen molar-refractivity contribution < 1.29 is 81.1 Å². The number of hydrogen-bond acceptors (Lipinski definition) is 16. The summed E-state index contributed by atoms with van der Waals surface area (Å²) in [5.74, 6) is 0.754. The molecule has 18 heteroatoms. The molecule has 2 saturated heterocycles. The van der Waals surface area contributed by atoms with Gasteiger partial charge in [-0.3, -0.25) is 14.1 Å². The van der Waals surface area contributed by atoms with Crippen molar-refractivity contribution >= 4 is 22.3 Å². The van der Waals surface area contributed by atoms with E-state index in [-0.39, 0.29) is 18.4 Å². The molecular formula is C70H134O17S. The third-order valence-electron chi connectivity index (χ3n) is 18.8. The number of esters is 2. The van der Waals surface area contributed by atoms with Crippen molar-refractivity contribution in [1.29, 1.82) is 0 Å². The molecule has 7 N–H and O–H groups in total. The molecule has 0 aromatic rings. The molecule has 2 rings (SSSR count). The monoisotopic (exact) mass is 1280 g/mol. The third kappa shape index (κ3) is 36.2. The smallest absolute Gasteiger partial charge is 0.397 e. The Morgan fingerprint density at radius 2 is 0.795 bits per heavy atom. The van der Waals surface area contributed by atoms with Gasteiger partial charge >= 0.3 is 22.3 Å². The van der Waals surface area contributed by atoms with E-state index in [1.807, 2.05) is 0 Å². The summed E-state index contributed by atoms with van der Waals surface area (Å²) < 4.78 is 67.6. The second-order valence-electron chi connectivity index (χ2n) is 28.4. The van der Waals surface area contributed by atoms with Crippen molar-refractivity contribution in [2.24, 2.45) is 47.3 Å². The molecule has 0 aliphatic carbocycles. The van der Waals surface area contributed by atoms with Gasteiger partial charge in [0.2, 0.25) is 6.29 Å². The van der Waals surface area contributed by atoms with Crippen LogP contribution in [0.2, 0.25) is 0 Å². The molecule has 19 unspecified atom stereocenters. The Morgan fingerprint density at radius 1 is 0.443 bits per heavy atom. The number of carbonyl (C=O) groups is 2. The SMILES string of the molecule is CCCCCCCCCCCCCCCCCC(O)C(C)CC(C)CC(C)CC(C)CC(C)CC(C)CC(C)CC(C)C(=O)OC1C(OC2OC(CO)C(O)C(O)C2OS(=O)(=O)O)OC(CO)C(O)C1OC(=O)CCCCCCCCCCCCCCC. The lowest BCUT2D eigenvalue weighted by atomic mass is 9.80. The fourth-order valence-electron chi connectivity index (χ4n) is 14.2. The normalized spacial score (nSPS) is 25.7. The van der Waals surface area contributed by atoms with Crippen molar-refractivity contribution in [1.82, 2.24) is 0 Å². The van der Waals surface area contributed by atoms with Gasteiger partial charge in [-0.15, -0.1) is 0 Å². The fraction of sp³-hybridized carbons (Fsp3) is 0.971. The molecule has 0 aromatic carbocycles. The predicted molar refractivity (Wildman–Crippen MR) is 348 cm³/mol.